The SMILES string of the molecule is CC(C)Cc1cc(Nc2ncc(-c3cccs3)cc2C(=O)O)nn1C12CC(C(F)(F)F)(C1)C2. The third kappa shape index (κ3) is 3.51. The van der Waals surface area contributed by atoms with Gasteiger partial charge in [0.05, 0.1) is 11.0 Å². The van der Waals surface area contributed by atoms with E-state index in [0.717, 1.165) is 10.6 Å². The highest BCUT2D eigenvalue weighted by Crippen LogP contribution is 2.76. The van der Waals surface area contributed by atoms with Crippen molar-refractivity contribution in [2.75, 3.05) is 5.32 Å². The quantitative estimate of drug-likeness (QED) is 0.431. The third-order valence-electron chi connectivity index (χ3n) is 6.62. The Bertz CT molecular complexity index is 1200. The maximum Gasteiger partial charge on any atom is 0.394 e. The number of pyridine rings is 1. The fraction of sp³-hybridized carbons (Fsp3) is 0.435. The largest absolute Gasteiger partial charge is 0.478 e. The minimum Gasteiger partial charge on any atom is -0.478 e. The lowest BCUT2D eigenvalue weighted by molar-refractivity contribution is -0.356. The highest BCUT2D eigenvalue weighted by Gasteiger charge is 2.80. The highest BCUT2D eigenvalue weighted by atomic mass is 32.1. The molecular formula is C23H23F3N4O2S. The summed E-state index contributed by atoms with van der Waals surface area (Å²) in [6.45, 7) is 4.08. The molecule has 0 saturated heterocycles. The summed E-state index contributed by atoms with van der Waals surface area (Å²) in [6, 6.07) is 7.12. The molecule has 2 bridgehead atoms. The van der Waals surface area contributed by atoms with Crippen LogP contribution in [0.25, 0.3) is 10.4 Å². The zero-order valence-corrected chi connectivity index (χ0v) is 18.9. The van der Waals surface area contributed by atoms with Gasteiger partial charge in [-0.3, -0.25) is 4.68 Å². The van der Waals surface area contributed by atoms with Crippen molar-refractivity contribution in [1.29, 1.82) is 0 Å². The zero-order valence-electron chi connectivity index (χ0n) is 18.1. The van der Waals surface area contributed by atoms with Crippen LogP contribution in [0.1, 0.15) is 49.2 Å². The van der Waals surface area contributed by atoms with Crippen LogP contribution in [0.5, 0.6) is 0 Å². The highest BCUT2D eigenvalue weighted by molar-refractivity contribution is 7.13. The number of nitrogens with one attached hydrogen (secondary N) is 1. The Labute approximate surface area is 192 Å². The van der Waals surface area contributed by atoms with Crippen molar-refractivity contribution >= 4 is 28.9 Å². The van der Waals surface area contributed by atoms with E-state index < -0.39 is 23.1 Å². The first kappa shape index (κ1) is 21.9. The molecule has 3 heterocycles. The number of alkyl halides is 3. The van der Waals surface area contributed by atoms with Crippen LogP contribution >= 0.6 is 11.3 Å². The lowest BCUT2D eigenvalue weighted by Crippen LogP contribution is -2.73. The summed E-state index contributed by atoms with van der Waals surface area (Å²) in [7, 11) is 0. The summed E-state index contributed by atoms with van der Waals surface area (Å²) in [5.41, 5.74) is -0.633. The van der Waals surface area contributed by atoms with Crippen LogP contribution in [0, 0.1) is 11.3 Å². The zero-order chi connectivity index (χ0) is 23.6. The maximum atomic E-state index is 13.4. The predicted molar refractivity (Wildman–Crippen MR) is 119 cm³/mol. The second kappa shape index (κ2) is 7.31. The van der Waals surface area contributed by atoms with Crippen LogP contribution in [-0.2, 0) is 12.0 Å². The van der Waals surface area contributed by atoms with Crippen LogP contribution in [0.2, 0.25) is 0 Å². The van der Waals surface area contributed by atoms with Crippen molar-refractivity contribution in [3.05, 3.63) is 47.1 Å². The molecule has 6 rings (SSSR count). The number of carboxylic acids is 1. The topological polar surface area (TPSA) is 80.0 Å². The molecule has 0 radical (unpaired) electrons. The van der Waals surface area contributed by atoms with Crippen LogP contribution < -0.4 is 5.32 Å². The molecule has 2 N–H and O–H groups in total. The van der Waals surface area contributed by atoms with E-state index in [2.05, 4.69) is 15.4 Å². The summed E-state index contributed by atoms with van der Waals surface area (Å²) >= 11 is 1.49. The number of rotatable bonds is 7. The number of nitrogens with zero attached hydrogens (tertiary/aromatic N) is 3. The summed E-state index contributed by atoms with van der Waals surface area (Å²) in [6.07, 6.45) is -1.80. The van der Waals surface area contributed by atoms with E-state index in [4.69, 9.17) is 0 Å². The summed E-state index contributed by atoms with van der Waals surface area (Å²) < 4.78 is 41.8. The van der Waals surface area contributed by atoms with E-state index in [1.807, 2.05) is 31.4 Å². The molecule has 3 aromatic heterocycles. The molecule has 3 saturated carbocycles. The molecule has 10 heteroatoms. The molecule has 0 aromatic carbocycles. The van der Waals surface area contributed by atoms with Crippen LogP contribution in [0.4, 0.5) is 24.8 Å². The van der Waals surface area contributed by atoms with Crippen LogP contribution in [0.3, 0.4) is 0 Å². The van der Waals surface area contributed by atoms with Gasteiger partial charge in [0.2, 0.25) is 0 Å². The molecule has 3 fully saturated rings. The predicted octanol–water partition coefficient (Wildman–Crippen LogP) is 6.09. The number of thiophene rings is 1. The van der Waals surface area contributed by atoms with E-state index in [0.29, 0.717) is 17.8 Å². The van der Waals surface area contributed by atoms with Gasteiger partial charge in [0.15, 0.2) is 5.82 Å². The van der Waals surface area contributed by atoms with E-state index in [1.54, 1.807) is 23.0 Å². The molecule has 0 atom stereocenters. The average molecular weight is 477 g/mol. The molecule has 3 aliphatic carbocycles. The summed E-state index contributed by atoms with van der Waals surface area (Å²) in [4.78, 5) is 17.1. The number of aromatic nitrogens is 3. The average Bonchev–Trinajstić information content (AvgIpc) is 3.29. The molecule has 3 aromatic rings. The monoisotopic (exact) mass is 476 g/mol. The van der Waals surface area contributed by atoms with Gasteiger partial charge in [0, 0.05) is 28.4 Å². The van der Waals surface area contributed by atoms with Crippen LogP contribution in [0.15, 0.2) is 35.8 Å². The fourth-order valence-corrected chi connectivity index (χ4v) is 5.85. The lowest BCUT2D eigenvalue weighted by Gasteiger charge is -2.70. The van der Waals surface area contributed by atoms with Gasteiger partial charge >= 0.3 is 12.1 Å². The van der Waals surface area contributed by atoms with Gasteiger partial charge in [-0.05, 0) is 49.1 Å². The smallest absolute Gasteiger partial charge is 0.394 e. The van der Waals surface area contributed by atoms with Crippen molar-refractivity contribution in [1.82, 2.24) is 14.8 Å². The van der Waals surface area contributed by atoms with E-state index >= 15 is 0 Å². The molecule has 0 spiro atoms. The van der Waals surface area contributed by atoms with E-state index in [-0.39, 0.29) is 36.6 Å². The van der Waals surface area contributed by atoms with Gasteiger partial charge < -0.3 is 10.4 Å². The maximum absolute atomic E-state index is 13.4. The first-order valence-electron chi connectivity index (χ1n) is 10.7. The van der Waals surface area contributed by atoms with Crippen molar-refractivity contribution < 1.29 is 23.1 Å². The Hall–Kier alpha value is -2.88. The summed E-state index contributed by atoms with van der Waals surface area (Å²) in [5.74, 6) is -0.310. The minimum atomic E-state index is -4.19. The Morgan fingerprint density at radius 2 is 2.03 bits per heavy atom. The standard InChI is InChI=1S/C23H23F3N4O2S/c1-13(2)6-15-8-18(29-30(15)22-10-21(11-22,12-22)23(24,25)26)28-19-16(20(31)32)7-14(9-27-19)17-4-3-5-33-17/h3-5,7-9,13H,6,10-12H2,1-2H3,(H,31,32)(H,27,28,29). The third-order valence-corrected chi connectivity index (χ3v) is 7.54. The molecule has 0 unspecified atom stereocenters. The summed E-state index contributed by atoms with van der Waals surface area (Å²) in [5, 5.41) is 19.2. The van der Waals surface area contributed by atoms with E-state index in [9.17, 15) is 23.1 Å². The molecule has 0 aliphatic heterocycles. The Balaban J connectivity index is 1.45. The fourth-order valence-electron chi connectivity index (χ4n) is 5.14. The first-order valence-corrected chi connectivity index (χ1v) is 11.6. The molecule has 3 aliphatic rings. The van der Waals surface area contributed by atoms with Crippen molar-refractivity contribution in [2.45, 2.75) is 51.2 Å². The second-order valence-electron chi connectivity index (χ2n) is 9.59. The number of carboxylic acid groups (broad SMARTS) is 1. The van der Waals surface area contributed by atoms with Gasteiger partial charge in [0.1, 0.15) is 11.4 Å². The normalized spacial score (nSPS) is 23.8. The van der Waals surface area contributed by atoms with Gasteiger partial charge in [-0.1, -0.05) is 19.9 Å². The molecule has 0 amide bonds. The Morgan fingerprint density at radius 1 is 1.30 bits per heavy atom. The van der Waals surface area contributed by atoms with Crippen molar-refractivity contribution in [3.63, 3.8) is 0 Å². The van der Waals surface area contributed by atoms with Crippen molar-refractivity contribution in [2.24, 2.45) is 11.3 Å². The van der Waals surface area contributed by atoms with Gasteiger partial charge in [-0.25, -0.2) is 9.78 Å². The van der Waals surface area contributed by atoms with Crippen molar-refractivity contribution in [3.8, 4) is 10.4 Å². The van der Waals surface area contributed by atoms with Gasteiger partial charge in [0.25, 0.3) is 0 Å². The first-order chi connectivity index (χ1) is 15.5. The number of hydrogen-bond donors (Lipinski definition) is 2. The molecule has 33 heavy (non-hydrogen) atoms. The number of halogens is 3. The molecule has 6 nitrogen and oxygen atoms in total. The van der Waals surface area contributed by atoms with Gasteiger partial charge in [-0.2, -0.15) is 18.3 Å². The molecular weight excluding hydrogens is 453 g/mol. The van der Waals surface area contributed by atoms with E-state index in [1.165, 1.54) is 11.3 Å². The van der Waals surface area contributed by atoms with Gasteiger partial charge in [-0.15, -0.1) is 11.3 Å². The number of hydrogen-bond acceptors (Lipinski definition) is 5. The second-order valence-corrected chi connectivity index (χ2v) is 10.5. The lowest BCUT2D eigenvalue weighted by atomic mass is 9.39. The number of aromatic carboxylic acids is 1. The molecule has 174 valence electrons. The minimum absolute atomic E-state index is 0.00222. The number of anilines is 2. The Morgan fingerprint density at radius 3 is 2.61 bits per heavy atom. The number of carbonyl (C=O) groups is 1. The Kier molecular flexibility index (Phi) is 4.86. The van der Waals surface area contributed by atoms with Crippen LogP contribution in [-0.4, -0.2) is 32.0 Å².